The van der Waals surface area contributed by atoms with Crippen molar-refractivity contribution in [3.05, 3.63) is 36.0 Å². The number of likely N-dealkylation sites (tertiary alicyclic amines) is 1. The number of hydrogen-bond donors (Lipinski definition) is 4. The molecule has 3 rings (SSSR count). The fourth-order valence-corrected chi connectivity index (χ4v) is 4.88. The number of pyridine rings is 1. The first-order valence-corrected chi connectivity index (χ1v) is 16.4. The van der Waals surface area contributed by atoms with E-state index in [1.807, 2.05) is 0 Å². The van der Waals surface area contributed by atoms with Crippen molar-refractivity contribution in [1.29, 1.82) is 0 Å². The lowest BCUT2D eigenvalue weighted by Gasteiger charge is -2.15. The predicted octanol–water partition coefficient (Wildman–Crippen LogP) is 0.335. The highest BCUT2D eigenvalue weighted by Gasteiger charge is 2.19. The highest BCUT2D eigenvalue weighted by molar-refractivity contribution is 6.07. The van der Waals surface area contributed by atoms with E-state index in [0.717, 1.165) is 45.1 Å². The number of unbranched alkanes of at least 4 members (excludes halogenated alkanes) is 1. The maximum Gasteiger partial charge on any atom is 0.258 e. The predicted molar refractivity (Wildman–Crippen MR) is 176 cm³/mol. The molecular weight excluding hydrogens is 624 g/mol. The molecule has 1 atom stereocenters. The Hall–Kier alpha value is -4.18. The highest BCUT2D eigenvalue weighted by Crippen LogP contribution is 2.22. The minimum Gasteiger partial charge on any atom is -0.484 e. The zero-order valence-corrected chi connectivity index (χ0v) is 27.4. The summed E-state index contributed by atoms with van der Waals surface area (Å²) >= 11 is 0. The maximum absolute atomic E-state index is 12.8. The van der Waals surface area contributed by atoms with Gasteiger partial charge in [0.2, 0.25) is 11.8 Å². The lowest BCUT2D eigenvalue weighted by molar-refractivity contribution is -0.129. The van der Waals surface area contributed by atoms with Crippen LogP contribution in [-0.2, 0) is 33.4 Å². The van der Waals surface area contributed by atoms with Crippen molar-refractivity contribution < 1.29 is 42.9 Å². The molecule has 15 heteroatoms. The molecule has 0 spiro atoms. The topological polar surface area (TPSA) is 201 Å². The van der Waals surface area contributed by atoms with Crippen LogP contribution < -0.4 is 26.4 Å². The molecule has 4 amide bonds. The molecule has 0 saturated carbocycles. The van der Waals surface area contributed by atoms with Crippen LogP contribution >= 0.6 is 0 Å². The van der Waals surface area contributed by atoms with Crippen molar-refractivity contribution in [2.45, 2.75) is 44.6 Å². The van der Waals surface area contributed by atoms with Gasteiger partial charge in [-0.3, -0.25) is 24.2 Å². The Kier molecular flexibility index (Phi) is 17.9. The summed E-state index contributed by atoms with van der Waals surface area (Å²) in [7, 11) is 0. The molecule has 15 nitrogen and oxygen atoms in total. The lowest BCUT2D eigenvalue weighted by atomic mass is 10.1. The second kappa shape index (κ2) is 22.4. The fraction of sp³-hybridized carbons (Fsp3) is 0.576. The molecule has 0 radical (unpaired) electrons. The van der Waals surface area contributed by atoms with Crippen molar-refractivity contribution in [2.75, 3.05) is 79.0 Å². The average molecular weight is 673 g/mol. The van der Waals surface area contributed by atoms with Crippen LogP contribution in [0.1, 0.15) is 48.9 Å². The summed E-state index contributed by atoms with van der Waals surface area (Å²) in [5.74, 6) is -0.588. The molecule has 1 unspecified atom stereocenters. The van der Waals surface area contributed by atoms with Gasteiger partial charge in [-0.2, -0.15) is 0 Å². The molecule has 2 aromatic rings. The summed E-state index contributed by atoms with van der Waals surface area (Å²) in [5.41, 5.74) is 6.36. The van der Waals surface area contributed by atoms with Crippen LogP contribution in [0.2, 0.25) is 0 Å². The summed E-state index contributed by atoms with van der Waals surface area (Å²) < 4.78 is 21.9. The number of benzene rings is 1. The van der Waals surface area contributed by atoms with Gasteiger partial charge < -0.3 is 50.3 Å². The third kappa shape index (κ3) is 14.3. The number of carbonyl (C=O) groups is 5. The molecule has 1 fully saturated rings. The molecule has 5 N–H and O–H groups in total. The average Bonchev–Trinajstić information content (AvgIpc) is 3.65. The number of hydrogen-bond acceptors (Lipinski definition) is 11. The van der Waals surface area contributed by atoms with Crippen molar-refractivity contribution in [1.82, 2.24) is 25.8 Å². The Bertz CT molecular complexity index is 1320. The van der Waals surface area contributed by atoms with Crippen LogP contribution in [0.15, 0.2) is 30.5 Å². The van der Waals surface area contributed by atoms with E-state index in [1.54, 1.807) is 29.2 Å². The molecule has 1 aromatic carbocycles. The summed E-state index contributed by atoms with van der Waals surface area (Å²) in [6.07, 6.45) is 6.55. The number of nitrogens with two attached hydrogens (primary N) is 1. The summed E-state index contributed by atoms with van der Waals surface area (Å²) in [6, 6.07) is 6.11. The Morgan fingerprint density at radius 2 is 1.65 bits per heavy atom. The standard InChI is InChI=1S/C33H48N6O9/c34-10-2-1-5-25(23-40)38-30(41)9-15-45-17-19-47-20-18-46-16-12-36-31(42)24-48-26-6-7-27-28(8-11-35-29(27)21-26)33(44)37-22-32(43)39-13-3-4-14-39/h6-8,11,21,23,25H,1-5,9-10,12-20,22,24,34H2,(H,36,42)(H,37,44)(H,38,41). The minimum atomic E-state index is -0.495. The van der Waals surface area contributed by atoms with E-state index >= 15 is 0 Å². The van der Waals surface area contributed by atoms with Gasteiger partial charge in [-0.1, -0.05) is 0 Å². The summed E-state index contributed by atoms with van der Waals surface area (Å²) in [4.78, 5) is 66.3. The number of aromatic nitrogens is 1. The summed E-state index contributed by atoms with van der Waals surface area (Å²) in [6.45, 7) is 3.91. The highest BCUT2D eigenvalue weighted by atomic mass is 16.5. The van der Waals surface area contributed by atoms with Crippen molar-refractivity contribution >= 4 is 40.8 Å². The second-order valence-corrected chi connectivity index (χ2v) is 11.1. The second-order valence-electron chi connectivity index (χ2n) is 11.1. The monoisotopic (exact) mass is 672 g/mol. The zero-order valence-electron chi connectivity index (χ0n) is 27.4. The van der Waals surface area contributed by atoms with E-state index in [2.05, 4.69) is 20.9 Å². The SMILES string of the molecule is NCCCCC(C=O)NC(=O)CCOCCOCCOCCNC(=O)COc1ccc2c(C(=O)NCC(=O)N3CCCC3)ccnc2c1. The molecule has 1 aliphatic heterocycles. The third-order valence-corrected chi connectivity index (χ3v) is 7.45. The normalized spacial score (nSPS) is 13.2. The molecule has 264 valence electrons. The zero-order chi connectivity index (χ0) is 34.4. The minimum absolute atomic E-state index is 0.0553. The van der Waals surface area contributed by atoms with E-state index in [0.29, 0.717) is 74.8 Å². The number of fused-ring (bicyclic) bond motifs is 1. The first-order valence-electron chi connectivity index (χ1n) is 16.4. The molecular formula is C33H48N6O9. The van der Waals surface area contributed by atoms with E-state index < -0.39 is 6.04 Å². The first-order chi connectivity index (χ1) is 23.4. The van der Waals surface area contributed by atoms with Crippen LogP contribution in [0.3, 0.4) is 0 Å². The molecule has 0 bridgehead atoms. The van der Waals surface area contributed by atoms with Crippen molar-refractivity contribution in [2.24, 2.45) is 5.73 Å². The molecule has 0 aliphatic carbocycles. The molecule has 2 heterocycles. The lowest BCUT2D eigenvalue weighted by Crippen LogP contribution is -2.38. The number of carbonyl (C=O) groups excluding carboxylic acids is 5. The van der Waals surface area contributed by atoms with Crippen molar-refractivity contribution in [3.8, 4) is 5.75 Å². The number of aldehydes is 1. The Morgan fingerprint density at radius 1 is 0.917 bits per heavy atom. The van der Waals surface area contributed by atoms with E-state index in [-0.39, 0.29) is 49.8 Å². The quantitative estimate of drug-likeness (QED) is 0.0885. The van der Waals surface area contributed by atoms with E-state index in [4.69, 9.17) is 24.7 Å². The van der Waals surface area contributed by atoms with Crippen molar-refractivity contribution in [3.63, 3.8) is 0 Å². The van der Waals surface area contributed by atoms with E-state index in [1.165, 1.54) is 6.20 Å². The molecule has 1 saturated heterocycles. The van der Waals surface area contributed by atoms with Gasteiger partial charge in [0.25, 0.3) is 11.8 Å². The van der Waals surface area contributed by atoms with Gasteiger partial charge in [0.05, 0.1) is 63.3 Å². The van der Waals surface area contributed by atoms with Crippen LogP contribution in [0, 0.1) is 0 Å². The van der Waals surface area contributed by atoms with Crippen LogP contribution in [0.4, 0.5) is 0 Å². The fourth-order valence-electron chi connectivity index (χ4n) is 4.88. The van der Waals surface area contributed by atoms with Gasteiger partial charge in [-0.15, -0.1) is 0 Å². The van der Waals surface area contributed by atoms with Gasteiger partial charge in [0.1, 0.15) is 12.0 Å². The van der Waals surface area contributed by atoms with Gasteiger partial charge in [0.15, 0.2) is 6.61 Å². The number of nitrogens with one attached hydrogen (secondary N) is 3. The molecule has 1 aromatic heterocycles. The Morgan fingerprint density at radius 3 is 2.38 bits per heavy atom. The molecule has 48 heavy (non-hydrogen) atoms. The first kappa shape index (κ1) is 38.3. The summed E-state index contributed by atoms with van der Waals surface area (Å²) in [5, 5.41) is 8.69. The van der Waals surface area contributed by atoms with Crippen LogP contribution in [0.5, 0.6) is 5.75 Å². The largest absolute Gasteiger partial charge is 0.484 e. The number of amides is 4. The Labute approximate surface area is 280 Å². The van der Waals surface area contributed by atoms with E-state index in [9.17, 15) is 24.0 Å². The number of rotatable bonds is 24. The van der Waals surface area contributed by atoms with Gasteiger partial charge in [-0.05, 0) is 56.8 Å². The maximum atomic E-state index is 12.8. The van der Waals surface area contributed by atoms with Crippen LogP contribution in [0.25, 0.3) is 10.9 Å². The Balaban J connectivity index is 1.20. The molecule has 1 aliphatic rings. The number of ether oxygens (including phenoxy) is 4. The van der Waals surface area contributed by atoms with Crippen LogP contribution in [-0.4, -0.2) is 125 Å². The smallest absolute Gasteiger partial charge is 0.258 e. The van der Waals surface area contributed by atoms with Gasteiger partial charge in [0, 0.05) is 43.7 Å². The third-order valence-electron chi connectivity index (χ3n) is 7.45. The van der Waals surface area contributed by atoms with Gasteiger partial charge >= 0.3 is 0 Å². The number of nitrogens with zero attached hydrogens (tertiary/aromatic N) is 2. The van der Waals surface area contributed by atoms with Gasteiger partial charge in [-0.25, -0.2) is 0 Å².